The molecule has 0 bridgehead atoms. The number of hydrogen-bond acceptors (Lipinski definition) is 3. The molecule has 0 spiro atoms. The molecule has 1 unspecified atom stereocenters. The molecule has 1 aromatic rings. The molecule has 5 nitrogen and oxygen atoms in total. The molecule has 1 heterocycles. The number of rotatable bonds is 4. The van der Waals surface area contributed by atoms with E-state index in [2.05, 4.69) is 15.9 Å². The summed E-state index contributed by atoms with van der Waals surface area (Å²) in [5.74, 6) is -0.790. The third-order valence-electron chi connectivity index (χ3n) is 4.38. The second kappa shape index (κ2) is 6.01. The van der Waals surface area contributed by atoms with Gasteiger partial charge in [0.1, 0.15) is 0 Å². The lowest BCUT2D eigenvalue weighted by atomic mass is 9.94. The van der Waals surface area contributed by atoms with Gasteiger partial charge in [0.2, 0.25) is 5.91 Å². The van der Waals surface area contributed by atoms with E-state index in [9.17, 15) is 9.59 Å². The Morgan fingerprint density at radius 1 is 1.32 bits per heavy atom. The average Bonchev–Trinajstić information content (AvgIpc) is 3.28. The molecule has 1 saturated carbocycles. The van der Waals surface area contributed by atoms with Crippen LogP contribution in [0, 0.1) is 0 Å². The van der Waals surface area contributed by atoms with Gasteiger partial charge in [-0.2, -0.15) is 0 Å². The molecule has 1 aliphatic heterocycles. The van der Waals surface area contributed by atoms with Gasteiger partial charge in [-0.1, -0.05) is 28.1 Å². The van der Waals surface area contributed by atoms with Crippen molar-refractivity contribution in [3.8, 4) is 0 Å². The van der Waals surface area contributed by atoms with Gasteiger partial charge < -0.3 is 14.7 Å². The summed E-state index contributed by atoms with van der Waals surface area (Å²) < 4.78 is 6.44. The van der Waals surface area contributed by atoms with Crippen LogP contribution in [0.5, 0.6) is 0 Å². The molecular formula is C16H18BrNO4. The lowest BCUT2D eigenvalue weighted by Gasteiger charge is -2.35. The molecule has 2 fully saturated rings. The number of carboxylic acids is 1. The highest BCUT2D eigenvalue weighted by atomic mass is 79.9. The molecule has 1 saturated heterocycles. The van der Waals surface area contributed by atoms with Gasteiger partial charge in [0, 0.05) is 17.6 Å². The number of halogens is 1. The average molecular weight is 368 g/mol. The number of ether oxygens (including phenoxy) is 1. The molecule has 22 heavy (non-hydrogen) atoms. The van der Waals surface area contributed by atoms with Crippen LogP contribution in [0.25, 0.3) is 0 Å². The summed E-state index contributed by atoms with van der Waals surface area (Å²) >= 11 is 3.41. The maximum absolute atomic E-state index is 12.9. The Hall–Kier alpha value is -1.40. The zero-order valence-electron chi connectivity index (χ0n) is 12.1. The molecule has 118 valence electrons. The van der Waals surface area contributed by atoms with Crippen LogP contribution < -0.4 is 0 Å². The summed E-state index contributed by atoms with van der Waals surface area (Å²) in [4.78, 5) is 25.5. The largest absolute Gasteiger partial charge is 0.481 e. The minimum absolute atomic E-state index is 0.0605. The maximum Gasteiger partial charge on any atom is 0.306 e. The van der Waals surface area contributed by atoms with Crippen LogP contribution in [-0.4, -0.2) is 47.7 Å². The molecule has 6 heteroatoms. The number of hydrogen-bond donors (Lipinski definition) is 1. The maximum atomic E-state index is 12.9. The van der Waals surface area contributed by atoms with E-state index >= 15 is 0 Å². The first-order valence-corrected chi connectivity index (χ1v) is 8.19. The fourth-order valence-corrected chi connectivity index (χ4v) is 3.31. The van der Waals surface area contributed by atoms with E-state index in [1.165, 1.54) is 0 Å². The number of benzene rings is 1. The Bertz CT molecular complexity index is 582. The molecule has 1 aliphatic carbocycles. The summed E-state index contributed by atoms with van der Waals surface area (Å²) in [7, 11) is 0. The first-order valence-electron chi connectivity index (χ1n) is 7.40. The lowest BCUT2D eigenvalue weighted by Crippen LogP contribution is -2.49. The van der Waals surface area contributed by atoms with E-state index in [0.29, 0.717) is 19.7 Å². The third-order valence-corrected chi connectivity index (χ3v) is 4.91. The second-order valence-electron chi connectivity index (χ2n) is 5.93. The van der Waals surface area contributed by atoms with Crippen LogP contribution in [-0.2, 0) is 19.7 Å². The summed E-state index contributed by atoms with van der Waals surface area (Å²) in [6.45, 7) is 1.30. The number of carboxylic acid groups (broad SMARTS) is 1. The fraction of sp³-hybridized carbons (Fsp3) is 0.500. The molecular weight excluding hydrogens is 350 g/mol. The number of amides is 1. The smallest absolute Gasteiger partial charge is 0.306 e. The van der Waals surface area contributed by atoms with Crippen LogP contribution in [0.4, 0.5) is 0 Å². The minimum atomic E-state index is -0.895. The lowest BCUT2D eigenvalue weighted by molar-refractivity contribution is -0.149. The minimum Gasteiger partial charge on any atom is -0.481 e. The Labute approximate surface area is 137 Å². The van der Waals surface area contributed by atoms with Crippen molar-refractivity contribution < 1.29 is 19.4 Å². The van der Waals surface area contributed by atoms with Gasteiger partial charge in [0.25, 0.3) is 0 Å². The summed E-state index contributed by atoms with van der Waals surface area (Å²) in [6.07, 6.45) is 1.24. The quantitative estimate of drug-likeness (QED) is 0.885. The van der Waals surface area contributed by atoms with E-state index in [4.69, 9.17) is 9.84 Å². The van der Waals surface area contributed by atoms with Crippen molar-refractivity contribution in [2.75, 3.05) is 19.7 Å². The Kier molecular flexibility index (Phi) is 4.23. The van der Waals surface area contributed by atoms with E-state index in [1.807, 2.05) is 24.3 Å². The summed E-state index contributed by atoms with van der Waals surface area (Å²) in [5.41, 5.74) is 0.633. The van der Waals surface area contributed by atoms with Crippen LogP contribution in [0.1, 0.15) is 24.8 Å². The topological polar surface area (TPSA) is 66.8 Å². The van der Waals surface area contributed by atoms with Gasteiger partial charge in [-0.05, 0) is 30.5 Å². The van der Waals surface area contributed by atoms with Crippen LogP contribution in [0.15, 0.2) is 28.7 Å². The molecule has 0 radical (unpaired) electrons. The zero-order valence-corrected chi connectivity index (χ0v) is 13.7. The van der Waals surface area contributed by atoms with Crippen LogP contribution >= 0.6 is 15.9 Å². The fourth-order valence-electron chi connectivity index (χ4n) is 3.04. The molecule has 1 N–H and O–H groups in total. The third kappa shape index (κ3) is 3.03. The highest BCUT2D eigenvalue weighted by Gasteiger charge is 2.53. The van der Waals surface area contributed by atoms with Crippen molar-refractivity contribution in [2.45, 2.75) is 30.8 Å². The van der Waals surface area contributed by atoms with Crippen molar-refractivity contribution in [1.82, 2.24) is 4.90 Å². The van der Waals surface area contributed by atoms with Gasteiger partial charge in [-0.25, -0.2) is 0 Å². The molecule has 3 rings (SSSR count). The Morgan fingerprint density at radius 3 is 2.59 bits per heavy atom. The monoisotopic (exact) mass is 367 g/mol. The Balaban J connectivity index is 1.73. The second-order valence-corrected chi connectivity index (χ2v) is 6.85. The zero-order chi connectivity index (χ0) is 15.7. The van der Waals surface area contributed by atoms with Crippen molar-refractivity contribution in [3.63, 3.8) is 0 Å². The van der Waals surface area contributed by atoms with Crippen LogP contribution in [0.3, 0.4) is 0 Å². The van der Waals surface area contributed by atoms with Crippen LogP contribution in [0.2, 0.25) is 0 Å². The number of carbonyl (C=O) groups excluding carboxylic acids is 1. The first-order chi connectivity index (χ1) is 10.5. The number of carbonyl (C=O) groups is 2. The Morgan fingerprint density at radius 2 is 2.00 bits per heavy atom. The molecule has 2 aliphatic rings. The highest BCUT2D eigenvalue weighted by Crippen LogP contribution is 2.50. The number of nitrogens with zero attached hydrogens (tertiary/aromatic N) is 1. The van der Waals surface area contributed by atoms with Crippen molar-refractivity contribution in [2.24, 2.45) is 0 Å². The summed E-state index contributed by atoms with van der Waals surface area (Å²) in [5, 5.41) is 8.88. The van der Waals surface area contributed by atoms with Gasteiger partial charge in [0.15, 0.2) is 0 Å². The SMILES string of the molecule is O=C(O)CC1CN(C(=O)C2(c3ccc(Br)cc3)CC2)CCO1. The molecule has 0 aromatic heterocycles. The van der Waals surface area contributed by atoms with E-state index < -0.39 is 17.5 Å². The van der Waals surface area contributed by atoms with Gasteiger partial charge in [-0.15, -0.1) is 0 Å². The molecule has 1 atom stereocenters. The number of aliphatic carboxylic acids is 1. The van der Waals surface area contributed by atoms with Gasteiger partial charge in [0.05, 0.1) is 24.5 Å². The van der Waals surface area contributed by atoms with Crippen molar-refractivity contribution in [3.05, 3.63) is 34.3 Å². The standard InChI is InChI=1S/C16H18BrNO4/c17-12-3-1-11(2-4-12)16(5-6-16)15(21)18-7-8-22-13(10-18)9-14(19)20/h1-4,13H,5-10H2,(H,19,20). The van der Waals surface area contributed by atoms with E-state index in [1.54, 1.807) is 4.90 Å². The predicted molar refractivity (Wildman–Crippen MR) is 83.6 cm³/mol. The number of morpholine rings is 1. The molecule has 1 aromatic carbocycles. The van der Waals surface area contributed by atoms with Gasteiger partial charge >= 0.3 is 5.97 Å². The van der Waals surface area contributed by atoms with E-state index in [-0.39, 0.29) is 12.3 Å². The normalized spacial score (nSPS) is 23.1. The van der Waals surface area contributed by atoms with Crippen molar-refractivity contribution >= 4 is 27.8 Å². The summed E-state index contributed by atoms with van der Waals surface area (Å²) in [6, 6.07) is 7.89. The van der Waals surface area contributed by atoms with Crippen molar-refractivity contribution in [1.29, 1.82) is 0 Å². The molecule has 1 amide bonds. The first kappa shape index (κ1) is 15.5. The predicted octanol–water partition coefficient (Wildman–Crippen LogP) is 2.18. The van der Waals surface area contributed by atoms with Gasteiger partial charge in [-0.3, -0.25) is 9.59 Å². The highest BCUT2D eigenvalue weighted by molar-refractivity contribution is 9.10. The van der Waals surface area contributed by atoms with E-state index in [0.717, 1.165) is 22.9 Å².